The van der Waals surface area contributed by atoms with Gasteiger partial charge in [-0.15, -0.1) is 0 Å². The van der Waals surface area contributed by atoms with Gasteiger partial charge in [0.2, 0.25) is 0 Å². The third-order valence-corrected chi connectivity index (χ3v) is 5.84. The Kier molecular flexibility index (Phi) is 7.51. The Bertz CT molecular complexity index is 980. The molecule has 0 spiro atoms. The van der Waals surface area contributed by atoms with Crippen LogP contribution >= 0.6 is 0 Å². The molecular formula is C27H31NO4. The number of aromatic hydroxyl groups is 2. The van der Waals surface area contributed by atoms with Gasteiger partial charge in [-0.25, -0.2) is 0 Å². The molecule has 5 nitrogen and oxygen atoms in total. The molecule has 1 fully saturated rings. The third kappa shape index (κ3) is 6.41. The second kappa shape index (κ2) is 10.9. The molecule has 1 saturated heterocycles. The molecule has 1 aliphatic rings. The summed E-state index contributed by atoms with van der Waals surface area (Å²) >= 11 is 0. The largest absolute Gasteiger partial charge is 0.508 e. The molecule has 0 bridgehead atoms. The summed E-state index contributed by atoms with van der Waals surface area (Å²) in [4.78, 5) is 2.46. The van der Waals surface area contributed by atoms with Gasteiger partial charge in [-0.05, 0) is 98.4 Å². The highest BCUT2D eigenvalue weighted by Crippen LogP contribution is 2.32. The number of rotatable bonds is 9. The molecule has 168 valence electrons. The van der Waals surface area contributed by atoms with E-state index in [0.29, 0.717) is 18.1 Å². The Hall–Kier alpha value is -3.18. The number of nitrogens with zero attached hydrogens (tertiary/aromatic N) is 1. The zero-order chi connectivity index (χ0) is 22.2. The van der Waals surface area contributed by atoms with E-state index in [9.17, 15) is 10.2 Å². The van der Waals surface area contributed by atoms with Gasteiger partial charge in [-0.3, -0.25) is 4.90 Å². The number of likely N-dealkylation sites (tertiary alicyclic amines) is 1. The molecule has 0 saturated carbocycles. The summed E-state index contributed by atoms with van der Waals surface area (Å²) in [6, 6.07) is 20.2. The topological polar surface area (TPSA) is 62.2 Å². The van der Waals surface area contributed by atoms with Crippen LogP contribution in [-0.4, -0.2) is 41.4 Å². The second-order valence-corrected chi connectivity index (χ2v) is 8.29. The maximum atomic E-state index is 10.2. The van der Waals surface area contributed by atoms with Crippen molar-refractivity contribution in [2.24, 2.45) is 0 Å². The number of piperidine rings is 1. The van der Waals surface area contributed by atoms with E-state index in [0.717, 1.165) is 36.3 Å². The second-order valence-electron chi connectivity index (χ2n) is 8.29. The molecule has 32 heavy (non-hydrogen) atoms. The lowest BCUT2D eigenvalue weighted by molar-refractivity contribution is 0.183. The zero-order valence-electron chi connectivity index (χ0n) is 18.4. The SMILES string of the molecule is Oc1ccc(CCc2ccc(O)c(Oc3ccc(OCCN4CCCCC4)cc3)c2)cc1. The standard InChI is InChI=1S/C27H31NO4/c29-23-9-6-21(7-10-23)4-5-22-8-15-26(30)27(20-22)32-25-13-11-24(12-14-25)31-19-18-28-16-2-1-3-17-28/h6-15,20,29-30H,1-5,16-19H2. The van der Waals surface area contributed by atoms with Crippen molar-refractivity contribution in [1.82, 2.24) is 4.90 Å². The van der Waals surface area contributed by atoms with E-state index in [-0.39, 0.29) is 11.5 Å². The lowest BCUT2D eigenvalue weighted by Crippen LogP contribution is -2.33. The predicted molar refractivity (Wildman–Crippen MR) is 126 cm³/mol. The maximum Gasteiger partial charge on any atom is 0.169 e. The monoisotopic (exact) mass is 433 g/mol. The van der Waals surface area contributed by atoms with Crippen LogP contribution in [0.3, 0.4) is 0 Å². The lowest BCUT2D eigenvalue weighted by Gasteiger charge is -2.26. The molecule has 0 radical (unpaired) electrons. The van der Waals surface area contributed by atoms with Crippen molar-refractivity contribution < 1.29 is 19.7 Å². The summed E-state index contributed by atoms with van der Waals surface area (Å²) in [6.45, 7) is 3.99. The highest BCUT2D eigenvalue weighted by molar-refractivity contribution is 5.45. The summed E-state index contributed by atoms with van der Waals surface area (Å²) in [5.41, 5.74) is 2.22. The van der Waals surface area contributed by atoms with Crippen LogP contribution in [0.1, 0.15) is 30.4 Å². The summed E-state index contributed by atoms with van der Waals surface area (Å²) in [7, 11) is 0. The first kappa shape index (κ1) is 22.0. The fraction of sp³-hybridized carbons (Fsp3) is 0.333. The Morgan fingerprint density at radius 1 is 0.719 bits per heavy atom. The minimum absolute atomic E-state index is 0.111. The molecule has 3 aromatic rings. The van der Waals surface area contributed by atoms with E-state index in [4.69, 9.17) is 9.47 Å². The zero-order valence-corrected chi connectivity index (χ0v) is 18.4. The predicted octanol–water partition coefficient (Wildman–Crippen LogP) is 5.54. The summed E-state index contributed by atoms with van der Waals surface area (Å²) in [6.07, 6.45) is 5.57. The number of hydrogen-bond donors (Lipinski definition) is 2. The smallest absolute Gasteiger partial charge is 0.169 e. The fourth-order valence-corrected chi connectivity index (χ4v) is 3.95. The Labute approximate surface area is 189 Å². The van der Waals surface area contributed by atoms with Gasteiger partial charge in [0.15, 0.2) is 11.5 Å². The number of benzene rings is 3. The van der Waals surface area contributed by atoms with Gasteiger partial charge in [-0.2, -0.15) is 0 Å². The van der Waals surface area contributed by atoms with Crippen LogP contribution in [0.2, 0.25) is 0 Å². The molecule has 0 unspecified atom stereocenters. The van der Waals surface area contributed by atoms with Gasteiger partial charge < -0.3 is 19.7 Å². The number of phenols is 2. The van der Waals surface area contributed by atoms with Crippen molar-refractivity contribution >= 4 is 0 Å². The minimum atomic E-state index is 0.111. The van der Waals surface area contributed by atoms with E-state index in [1.165, 1.54) is 32.4 Å². The van der Waals surface area contributed by atoms with Crippen molar-refractivity contribution in [3.8, 4) is 28.7 Å². The van der Waals surface area contributed by atoms with E-state index < -0.39 is 0 Å². The van der Waals surface area contributed by atoms with E-state index in [1.54, 1.807) is 18.2 Å². The highest BCUT2D eigenvalue weighted by atomic mass is 16.5. The maximum absolute atomic E-state index is 10.2. The van der Waals surface area contributed by atoms with E-state index >= 15 is 0 Å². The number of hydrogen-bond acceptors (Lipinski definition) is 5. The van der Waals surface area contributed by atoms with E-state index in [1.807, 2.05) is 48.5 Å². The molecule has 4 rings (SSSR count). The molecule has 2 N–H and O–H groups in total. The quantitative estimate of drug-likeness (QED) is 0.464. The lowest BCUT2D eigenvalue weighted by atomic mass is 10.0. The van der Waals surface area contributed by atoms with Crippen LogP contribution in [0.25, 0.3) is 0 Å². The molecule has 5 heteroatoms. The van der Waals surface area contributed by atoms with Gasteiger partial charge >= 0.3 is 0 Å². The minimum Gasteiger partial charge on any atom is -0.508 e. The van der Waals surface area contributed by atoms with Crippen molar-refractivity contribution in [3.05, 3.63) is 77.9 Å². The average molecular weight is 434 g/mol. The fourth-order valence-electron chi connectivity index (χ4n) is 3.95. The van der Waals surface area contributed by atoms with Crippen LogP contribution in [0.15, 0.2) is 66.7 Å². The third-order valence-electron chi connectivity index (χ3n) is 5.84. The van der Waals surface area contributed by atoms with Crippen LogP contribution in [0.4, 0.5) is 0 Å². The first-order chi connectivity index (χ1) is 15.7. The Morgan fingerprint density at radius 2 is 1.38 bits per heavy atom. The Balaban J connectivity index is 1.29. The normalized spacial score (nSPS) is 14.2. The molecule has 1 aliphatic heterocycles. The van der Waals surface area contributed by atoms with Gasteiger partial charge in [0.1, 0.15) is 23.9 Å². The summed E-state index contributed by atoms with van der Waals surface area (Å²) in [5, 5.41) is 19.6. The first-order valence-corrected chi connectivity index (χ1v) is 11.4. The van der Waals surface area contributed by atoms with Crippen molar-refractivity contribution in [1.29, 1.82) is 0 Å². The number of ether oxygens (including phenoxy) is 2. The van der Waals surface area contributed by atoms with Crippen molar-refractivity contribution in [2.45, 2.75) is 32.1 Å². The number of phenolic OH excluding ortho intramolecular Hbond substituents is 2. The van der Waals surface area contributed by atoms with Gasteiger partial charge in [0.05, 0.1) is 0 Å². The molecule has 0 aromatic heterocycles. The van der Waals surface area contributed by atoms with Gasteiger partial charge in [-0.1, -0.05) is 24.6 Å². The first-order valence-electron chi connectivity index (χ1n) is 11.4. The molecular weight excluding hydrogens is 402 g/mol. The summed E-state index contributed by atoms with van der Waals surface area (Å²) < 4.78 is 11.8. The summed E-state index contributed by atoms with van der Waals surface area (Å²) in [5.74, 6) is 2.29. The van der Waals surface area contributed by atoms with Crippen LogP contribution in [0, 0.1) is 0 Å². The van der Waals surface area contributed by atoms with E-state index in [2.05, 4.69) is 4.90 Å². The van der Waals surface area contributed by atoms with Gasteiger partial charge in [0, 0.05) is 6.54 Å². The van der Waals surface area contributed by atoms with Gasteiger partial charge in [0.25, 0.3) is 0 Å². The van der Waals surface area contributed by atoms with Crippen molar-refractivity contribution in [2.75, 3.05) is 26.2 Å². The number of aryl methyl sites for hydroxylation is 2. The Morgan fingerprint density at radius 3 is 2.12 bits per heavy atom. The van der Waals surface area contributed by atoms with Crippen molar-refractivity contribution in [3.63, 3.8) is 0 Å². The average Bonchev–Trinajstić information content (AvgIpc) is 2.82. The molecule has 3 aromatic carbocycles. The van der Waals surface area contributed by atoms with Crippen LogP contribution in [0.5, 0.6) is 28.7 Å². The molecule has 0 amide bonds. The molecule has 1 heterocycles. The highest BCUT2D eigenvalue weighted by Gasteiger charge is 2.10. The van der Waals surface area contributed by atoms with Crippen LogP contribution < -0.4 is 9.47 Å². The van der Waals surface area contributed by atoms with Crippen LogP contribution in [-0.2, 0) is 12.8 Å². The molecule has 0 aliphatic carbocycles. The molecule has 0 atom stereocenters.